The number of ether oxygens (including phenoxy) is 2. The smallest absolute Gasteiger partial charge is 0.338 e. The molecule has 3 rings (SSSR count). The van der Waals surface area contributed by atoms with Crippen LogP contribution in [0.5, 0.6) is 5.75 Å². The van der Waals surface area contributed by atoms with Crippen LogP contribution in [0.1, 0.15) is 17.3 Å². The van der Waals surface area contributed by atoms with Crippen LogP contribution in [-0.2, 0) is 9.53 Å². The number of esters is 1. The van der Waals surface area contributed by atoms with Crippen molar-refractivity contribution >= 4 is 28.3 Å². The van der Waals surface area contributed by atoms with Crippen molar-refractivity contribution in [3.8, 4) is 5.75 Å². The minimum Gasteiger partial charge on any atom is -0.494 e. The molecule has 0 aromatic heterocycles. The van der Waals surface area contributed by atoms with Gasteiger partial charge in [0, 0.05) is 11.1 Å². The summed E-state index contributed by atoms with van der Waals surface area (Å²) < 4.78 is 10.4. The summed E-state index contributed by atoms with van der Waals surface area (Å²) >= 11 is 0. The summed E-state index contributed by atoms with van der Waals surface area (Å²) in [5.41, 5.74) is 1.05. The van der Waals surface area contributed by atoms with E-state index in [0.29, 0.717) is 23.6 Å². The van der Waals surface area contributed by atoms with E-state index in [1.165, 1.54) is 0 Å². The van der Waals surface area contributed by atoms with Crippen molar-refractivity contribution in [2.45, 2.75) is 6.92 Å². The Hall–Kier alpha value is -3.34. The highest BCUT2D eigenvalue weighted by atomic mass is 16.5. The first kappa shape index (κ1) is 17.5. The van der Waals surface area contributed by atoms with E-state index in [9.17, 15) is 9.59 Å². The molecular formula is C21H19NO4. The van der Waals surface area contributed by atoms with Crippen LogP contribution in [0.15, 0.2) is 66.7 Å². The van der Waals surface area contributed by atoms with E-state index in [-0.39, 0.29) is 12.5 Å². The Labute approximate surface area is 151 Å². The van der Waals surface area contributed by atoms with E-state index >= 15 is 0 Å². The van der Waals surface area contributed by atoms with Gasteiger partial charge < -0.3 is 14.8 Å². The molecule has 0 radical (unpaired) electrons. The highest BCUT2D eigenvalue weighted by molar-refractivity contribution is 6.03. The Bertz CT molecular complexity index is 913. The van der Waals surface area contributed by atoms with Gasteiger partial charge in [-0.1, -0.05) is 36.4 Å². The fourth-order valence-electron chi connectivity index (χ4n) is 2.59. The van der Waals surface area contributed by atoms with Gasteiger partial charge in [0.2, 0.25) is 0 Å². The van der Waals surface area contributed by atoms with Gasteiger partial charge in [-0.25, -0.2) is 4.79 Å². The SMILES string of the molecule is CCOc1ccc(C(=O)OCC(=O)Nc2cccc3ccccc23)cc1. The predicted octanol–water partition coefficient (Wildman–Crippen LogP) is 4.03. The van der Waals surface area contributed by atoms with Gasteiger partial charge in [0.25, 0.3) is 5.91 Å². The van der Waals surface area contributed by atoms with Crippen molar-refractivity contribution in [1.82, 2.24) is 0 Å². The number of hydrogen-bond donors (Lipinski definition) is 1. The van der Waals surface area contributed by atoms with E-state index in [4.69, 9.17) is 9.47 Å². The summed E-state index contributed by atoms with van der Waals surface area (Å²) in [5.74, 6) is -0.264. The van der Waals surface area contributed by atoms with Crippen LogP contribution in [0, 0.1) is 0 Å². The zero-order valence-electron chi connectivity index (χ0n) is 14.4. The molecule has 0 atom stereocenters. The first-order chi connectivity index (χ1) is 12.7. The fraction of sp³-hybridized carbons (Fsp3) is 0.143. The molecule has 5 heteroatoms. The monoisotopic (exact) mass is 349 g/mol. The third-order valence-corrected chi connectivity index (χ3v) is 3.80. The van der Waals surface area contributed by atoms with Crippen LogP contribution < -0.4 is 10.1 Å². The van der Waals surface area contributed by atoms with Crippen LogP contribution in [0.2, 0.25) is 0 Å². The predicted molar refractivity (Wildman–Crippen MR) is 100 cm³/mol. The maximum atomic E-state index is 12.1. The molecule has 0 unspecified atom stereocenters. The molecule has 0 bridgehead atoms. The molecule has 1 N–H and O–H groups in total. The Balaban J connectivity index is 1.59. The maximum Gasteiger partial charge on any atom is 0.338 e. The van der Waals surface area contributed by atoms with E-state index in [2.05, 4.69) is 5.32 Å². The summed E-state index contributed by atoms with van der Waals surface area (Å²) in [6.45, 7) is 2.09. The normalized spacial score (nSPS) is 10.3. The van der Waals surface area contributed by atoms with E-state index in [1.54, 1.807) is 24.3 Å². The topological polar surface area (TPSA) is 64.6 Å². The first-order valence-electron chi connectivity index (χ1n) is 8.35. The highest BCUT2D eigenvalue weighted by Crippen LogP contribution is 2.22. The molecule has 5 nitrogen and oxygen atoms in total. The second kappa shape index (κ2) is 8.16. The second-order valence-corrected chi connectivity index (χ2v) is 5.61. The lowest BCUT2D eigenvalue weighted by molar-refractivity contribution is -0.119. The van der Waals surface area contributed by atoms with Crippen LogP contribution in [0.25, 0.3) is 10.8 Å². The Kier molecular flexibility index (Phi) is 5.49. The zero-order chi connectivity index (χ0) is 18.4. The number of carbonyl (C=O) groups excluding carboxylic acids is 2. The molecule has 0 saturated carbocycles. The van der Waals surface area contributed by atoms with Crippen LogP contribution in [0.4, 0.5) is 5.69 Å². The minimum absolute atomic E-state index is 0.352. The molecule has 0 aliphatic heterocycles. The lowest BCUT2D eigenvalue weighted by Gasteiger charge is -2.09. The molecule has 0 spiro atoms. The Morgan fingerprint density at radius 1 is 0.923 bits per heavy atom. The van der Waals surface area contributed by atoms with E-state index < -0.39 is 5.97 Å². The molecule has 132 valence electrons. The number of rotatable bonds is 6. The fourth-order valence-corrected chi connectivity index (χ4v) is 2.59. The van der Waals surface area contributed by atoms with Crippen LogP contribution in [-0.4, -0.2) is 25.1 Å². The first-order valence-corrected chi connectivity index (χ1v) is 8.35. The van der Waals surface area contributed by atoms with Crippen molar-refractivity contribution in [3.05, 3.63) is 72.3 Å². The van der Waals surface area contributed by atoms with Gasteiger partial charge in [-0.2, -0.15) is 0 Å². The molecule has 1 amide bonds. The molecule has 3 aromatic carbocycles. The standard InChI is InChI=1S/C21H19NO4/c1-2-25-17-12-10-16(11-13-17)21(24)26-14-20(23)22-19-9-5-7-15-6-3-4-8-18(15)19/h3-13H,2,14H2,1H3,(H,22,23). The Morgan fingerprint density at radius 2 is 1.65 bits per heavy atom. The molecule has 0 heterocycles. The minimum atomic E-state index is -0.555. The van der Waals surface area contributed by atoms with Crippen LogP contribution >= 0.6 is 0 Å². The zero-order valence-corrected chi connectivity index (χ0v) is 14.4. The van der Waals surface area contributed by atoms with Gasteiger partial charge in [0.1, 0.15) is 5.75 Å². The van der Waals surface area contributed by atoms with Crippen molar-refractivity contribution in [2.75, 3.05) is 18.5 Å². The van der Waals surface area contributed by atoms with Gasteiger partial charge in [0.15, 0.2) is 6.61 Å². The molecule has 3 aromatic rings. The van der Waals surface area contributed by atoms with Crippen LogP contribution in [0.3, 0.4) is 0 Å². The average Bonchev–Trinajstić information content (AvgIpc) is 2.67. The van der Waals surface area contributed by atoms with Gasteiger partial charge in [-0.05, 0) is 42.6 Å². The van der Waals surface area contributed by atoms with E-state index in [0.717, 1.165) is 10.8 Å². The third-order valence-electron chi connectivity index (χ3n) is 3.80. The molecule has 0 aliphatic rings. The molecule has 0 aliphatic carbocycles. The number of anilines is 1. The van der Waals surface area contributed by atoms with Crippen molar-refractivity contribution in [2.24, 2.45) is 0 Å². The summed E-state index contributed by atoms with van der Waals surface area (Å²) in [5, 5.41) is 4.74. The molecule has 26 heavy (non-hydrogen) atoms. The van der Waals surface area contributed by atoms with Crippen molar-refractivity contribution in [3.63, 3.8) is 0 Å². The molecule has 0 saturated heterocycles. The van der Waals surface area contributed by atoms with Gasteiger partial charge >= 0.3 is 5.97 Å². The molecular weight excluding hydrogens is 330 g/mol. The Morgan fingerprint density at radius 3 is 2.42 bits per heavy atom. The lowest BCUT2D eigenvalue weighted by Crippen LogP contribution is -2.21. The second-order valence-electron chi connectivity index (χ2n) is 5.61. The number of fused-ring (bicyclic) bond motifs is 1. The van der Waals surface area contributed by atoms with Gasteiger partial charge in [0.05, 0.1) is 12.2 Å². The number of nitrogens with one attached hydrogen (secondary N) is 1. The quantitative estimate of drug-likeness (QED) is 0.682. The number of carbonyl (C=O) groups is 2. The van der Waals surface area contributed by atoms with Gasteiger partial charge in [-0.15, -0.1) is 0 Å². The number of hydrogen-bond acceptors (Lipinski definition) is 4. The largest absolute Gasteiger partial charge is 0.494 e. The summed E-state index contributed by atoms with van der Waals surface area (Å²) in [7, 11) is 0. The third kappa shape index (κ3) is 4.19. The average molecular weight is 349 g/mol. The summed E-state index contributed by atoms with van der Waals surface area (Å²) in [4.78, 5) is 24.2. The highest BCUT2D eigenvalue weighted by Gasteiger charge is 2.11. The number of benzene rings is 3. The maximum absolute atomic E-state index is 12.1. The summed E-state index contributed by atoms with van der Waals surface area (Å²) in [6.07, 6.45) is 0. The van der Waals surface area contributed by atoms with Gasteiger partial charge in [-0.3, -0.25) is 4.79 Å². The number of amides is 1. The summed E-state index contributed by atoms with van der Waals surface area (Å²) in [6, 6.07) is 20.0. The van der Waals surface area contributed by atoms with E-state index in [1.807, 2.05) is 49.4 Å². The van der Waals surface area contributed by atoms with Crippen molar-refractivity contribution < 1.29 is 19.1 Å². The lowest BCUT2D eigenvalue weighted by atomic mass is 10.1. The van der Waals surface area contributed by atoms with Crippen molar-refractivity contribution in [1.29, 1.82) is 0 Å². The molecule has 0 fully saturated rings.